The lowest BCUT2D eigenvalue weighted by atomic mass is 10.2. The molecule has 3 rings (SSSR count). The van der Waals surface area contributed by atoms with E-state index in [9.17, 15) is 8.42 Å². The molecule has 2 aromatic rings. The Bertz CT molecular complexity index is 773. The molecule has 0 saturated heterocycles. The molecule has 2 aromatic heterocycles. The summed E-state index contributed by atoms with van der Waals surface area (Å²) >= 11 is 0. The van der Waals surface area contributed by atoms with E-state index in [4.69, 9.17) is 4.74 Å². The Balaban J connectivity index is 1.68. The predicted octanol–water partition coefficient (Wildman–Crippen LogP) is 1.24. The first-order chi connectivity index (χ1) is 11.0. The van der Waals surface area contributed by atoms with E-state index >= 15 is 0 Å². The van der Waals surface area contributed by atoms with Gasteiger partial charge in [0.2, 0.25) is 10.0 Å². The van der Waals surface area contributed by atoms with Crippen LogP contribution in [0.3, 0.4) is 0 Å². The van der Waals surface area contributed by atoms with Crippen molar-refractivity contribution in [3.05, 3.63) is 42.2 Å². The zero-order chi connectivity index (χ0) is 16.4. The molecule has 0 amide bonds. The number of aromatic nitrogens is 3. The van der Waals surface area contributed by atoms with Crippen LogP contribution in [0.5, 0.6) is 5.75 Å². The average molecular weight is 336 g/mol. The fraction of sp³-hybridized carbons (Fsp3) is 0.467. The molecule has 0 aliphatic carbocycles. The van der Waals surface area contributed by atoms with Crippen LogP contribution in [-0.4, -0.2) is 46.7 Å². The Morgan fingerprint density at radius 1 is 1.35 bits per heavy atom. The minimum Gasteiger partial charge on any atom is -0.492 e. The second kappa shape index (κ2) is 6.29. The Morgan fingerprint density at radius 2 is 2.17 bits per heavy atom. The maximum atomic E-state index is 11.8. The summed E-state index contributed by atoms with van der Waals surface area (Å²) in [6.07, 6.45) is 7.15. The molecule has 0 N–H and O–H groups in total. The summed E-state index contributed by atoms with van der Waals surface area (Å²) in [6.45, 7) is 3.49. The number of imidazole rings is 1. The smallest absolute Gasteiger partial charge is 0.211 e. The van der Waals surface area contributed by atoms with E-state index in [1.54, 1.807) is 12.4 Å². The van der Waals surface area contributed by atoms with Crippen molar-refractivity contribution in [3.63, 3.8) is 0 Å². The molecule has 0 fully saturated rings. The molecule has 0 aromatic carbocycles. The Kier molecular flexibility index (Phi) is 4.36. The number of ether oxygens (including phenoxy) is 1. The maximum absolute atomic E-state index is 11.8. The lowest BCUT2D eigenvalue weighted by Crippen LogP contribution is -2.41. The normalized spacial score (nSPS) is 18.6. The molecule has 0 radical (unpaired) electrons. The SMILES string of the molecule is C[C@H]1c2ncc(CCOc3cccnc3)n2CCN1S(C)(=O)=O. The molecule has 0 bridgehead atoms. The highest BCUT2D eigenvalue weighted by Gasteiger charge is 2.32. The van der Waals surface area contributed by atoms with Crippen LogP contribution in [0.15, 0.2) is 30.7 Å². The lowest BCUT2D eigenvalue weighted by molar-refractivity contribution is 0.270. The molecular formula is C15H20N4O3S. The van der Waals surface area contributed by atoms with E-state index in [1.165, 1.54) is 10.6 Å². The molecule has 0 spiro atoms. The fourth-order valence-corrected chi connectivity index (χ4v) is 3.98. The molecule has 7 nitrogen and oxygen atoms in total. The standard InChI is InChI=1S/C15H20N4O3S/c1-12-15-17-10-13(5-9-22-14-4-3-6-16-11-14)18(15)7-8-19(12)23(2,20)21/h3-4,6,10-12H,5,7-9H2,1-2H3/t12-/m0/s1. The van der Waals surface area contributed by atoms with Crippen molar-refractivity contribution in [1.29, 1.82) is 0 Å². The van der Waals surface area contributed by atoms with Crippen LogP contribution >= 0.6 is 0 Å². The van der Waals surface area contributed by atoms with Gasteiger partial charge in [-0.25, -0.2) is 13.4 Å². The Labute approximate surface area is 136 Å². The van der Waals surface area contributed by atoms with Crippen LogP contribution in [0.2, 0.25) is 0 Å². The molecule has 23 heavy (non-hydrogen) atoms. The van der Waals surface area contributed by atoms with Gasteiger partial charge < -0.3 is 9.30 Å². The second-order valence-electron chi connectivity index (χ2n) is 5.60. The first-order valence-corrected chi connectivity index (χ1v) is 9.35. The third-order valence-corrected chi connectivity index (χ3v) is 5.36. The largest absolute Gasteiger partial charge is 0.492 e. The van der Waals surface area contributed by atoms with Gasteiger partial charge in [-0.1, -0.05) is 0 Å². The van der Waals surface area contributed by atoms with E-state index in [-0.39, 0.29) is 6.04 Å². The van der Waals surface area contributed by atoms with Crippen LogP contribution in [-0.2, 0) is 23.0 Å². The van der Waals surface area contributed by atoms with Crippen molar-refractivity contribution < 1.29 is 13.2 Å². The van der Waals surface area contributed by atoms with Crippen LogP contribution in [0, 0.1) is 0 Å². The highest BCUT2D eigenvalue weighted by atomic mass is 32.2. The summed E-state index contributed by atoms with van der Waals surface area (Å²) in [5.74, 6) is 1.53. The van der Waals surface area contributed by atoms with Gasteiger partial charge in [0.15, 0.2) is 0 Å². The summed E-state index contributed by atoms with van der Waals surface area (Å²) in [5.41, 5.74) is 1.06. The third-order valence-electron chi connectivity index (χ3n) is 4.01. The van der Waals surface area contributed by atoms with E-state index < -0.39 is 10.0 Å². The first-order valence-electron chi connectivity index (χ1n) is 7.51. The molecule has 3 heterocycles. The second-order valence-corrected chi connectivity index (χ2v) is 7.53. The maximum Gasteiger partial charge on any atom is 0.211 e. The number of hydrogen-bond acceptors (Lipinski definition) is 5. The van der Waals surface area contributed by atoms with Crippen molar-refractivity contribution in [2.24, 2.45) is 0 Å². The van der Waals surface area contributed by atoms with Gasteiger partial charge in [-0.15, -0.1) is 0 Å². The zero-order valence-electron chi connectivity index (χ0n) is 13.2. The predicted molar refractivity (Wildman–Crippen MR) is 85.6 cm³/mol. The van der Waals surface area contributed by atoms with Crippen molar-refractivity contribution in [2.45, 2.75) is 25.9 Å². The first kappa shape index (κ1) is 15.9. The summed E-state index contributed by atoms with van der Waals surface area (Å²) in [6, 6.07) is 3.45. The van der Waals surface area contributed by atoms with Crippen molar-refractivity contribution in [2.75, 3.05) is 19.4 Å². The van der Waals surface area contributed by atoms with Gasteiger partial charge in [-0.05, 0) is 19.1 Å². The quantitative estimate of drug-likeness (QED) is 0.821. The molecule has 0 unspecified atom stereocenters. The minimum atomic E-state index is -3.21. The van der Waals surface area contributed by atoms with E-state index in [0.29, 0.717) is 26.1 Å². The van der Waals surface area contributed by atoms with Crippen molar-refractivity contribution >= 4 is 10.0 Å². The van der Waals surface area contributed by atoms with Gasteiger partial charge in [-0.3, -0.25) is 4.98 Å². The van der Waals surface area contributed by atoms with Crippen LogP contribution in [0.1, 0.15) is 24.5 Å². The molecule has 0 saturated carbocycles. The number of rotatable bonds is 5. The van der Waals surface area contributed by atoms with Crippen molar-refractivity contribution in [1.82, 2.24) is 18.8 Å². The lowest BCUT2D eigenvalue weighted by Gasteiger charge is -2.32. The van der Waals surface area contributed by atoms with E-state index in [0.717, 1.165) is 17.3 Å². The zero-order valence-corrected chi connectivity index (χ0v) is 14.0. The number of nitrogens with zero attached hydrogens (tertiary/aromatic N) is 4. The molecular weight excluding hydrogens is 316 g/mol. The monoisotopic (exact) mass is 336 g/mol. The van der Waals surface area contributed by atoms with Gasteiger partial charge in [0.05, 0.1) is 25.1 Å². The highest BCUT2D eigenvalue weighted by molar-refractivity contribution is 7.88. The summed E-state index contributed by atoms with van der Waals surface area (Å²) < 4.78 is 32.9. The topological polar surface area (TPSA) is 77.3 Å². The van der Waals surface area contributed by atoms with Crippen LogP contribution < -0.4 is 4.74 Å². The molecule has 1 aliphatic heterocycles. The molecule has 1 atom stereocenters. The average Bonchev–Trinajstić information content (AvgIpc) is 2.92. The van der Waals surface area contributed by atoms with Crippen molar-refractivity contribution in [3.8, 4) is 5.75 Å². The van der Waals surface area contributed by atoms with Gasteiger partial charge in [-0.2, -0.15) is 4.31 Å². The van der Waals surface area contributed by atoms with Gasteiger partial charge >= 0.3 is 0 Å². The van der Waals surface area contributed by atoms with Crippen LogP contribution in [0.25, 0.3) is 0 Å². The third kappa shape index (κ3) is 3.37. The summed E-state index contributed by atoms with van der Waals surface area (Å²) in [5, 5.41) is 0. The van der Waals surface area contributed by atoms with E-state index in [2.05, 4.69) is 14.5 Å². The summed E-state index contributed by atoms with van der Waals surface area (Å²) in [4.78, 5) is 8.42. The highest BCUT2D eigenvalue weighted by Crippen LogP contribution is 2.27. The number of sulfonamides is 1. The number of hydrogen-bond donors (Lipinski definition) is 0. The Morgan fingerprint density at radius 3 is 2.87 bits per heavy atom. The number of fused-ring (bicyclic) bond motifs is 1. The fourth-order valence-electron chi connectivity index (χ4n) is 2.90. The van der Waals surface area contributed by atoms with E-state index in [1.807, 2.05) is 25.3 Å². The van der Waals surface area contributed by atoms with Gasteiger partial charge in [0.25, 0.3) is 0 Å². The van der Waals surface area contributed by atoms with Crippen LogP contribution in [0.4, 0.5) is 0 Å². The summed E-state index contributed by atoms with van der Waals surface area (Å²) in [7, 11) is -3.21. The van der Waals surface area contributed by atoms with Gasteiger partial charge in [0, 0.05) is 37.6 Å². The Hall–Kier alpha value is -1.93. The molecule has 8 heteroatoms. The number of pyridine rings is 1. The van der Waals surface area contributed by atoms with Gasteiger partial charge in [0.1, 0.15) is 11.6 Å². The molecule has 1 aliphatic rings. The minimum absolute atomic E-state index is 0.244. The molecule has 124 valence electrons.